The highest BCUT2D eigenvalue weighted by Gasteiger charge is 2.26. The van der Waals surface area contributed by atoms with Crippen molar-refractivity contribution in [3.05, 3.63) is 59.4 Å². The number of thioether (sulfide) groups is 1. The lowest BCUT2D eigenvalue weighted by Gasteiger charge is -2.19. The molecule has 8 heteroatoms. The fourth-order valence-corrected chi connectivity index (χ4v) is 4.55. The molecule has 2 aromatic rings. The minimum atomic E-state index is -3.88. The minimum Gasteiger partial charge on any atom is -0.325 e. The Morgan fingerprint density at radius 1 is 1.19 bits per heavy atom. The van der Waals surface area contributed by atoms with Gasteiger partial charge in [-0.05, 0) is 67.7 Å². The van der Waals surface area contributed by atoms with Crippen molar-refractivity contribution in [1.29, 1.82) is 0 Å². The van der Waals surface area contributed by atoms with Crippen LogP contribution < -0.4 is 10.0 Å². The smallest absolute Gasteiger partial charge is 0.242 e. The number of carbonyl (C=O) groups excluding carboxylic acids is 1. The van der Waals surface area contributed by atoms with Gasteiger partial charge in [-0.15, -0.1) is 0 Å². The van der Waals surface area contributed by atoms with E-state index >= 15 is 0 Å². The molecule has 0 saturated heterocycles. The molecule has 0 fully saturated rings. The number of amides is 1. The van der Waals surface area contributed by atoms with Crippen LogP contribution in [-0.2, 0) is 14.8 Å². The summed E-state index contributed by atoms with van der Waals surface area (Å²) < 4.78 is 41.5. The topological polar surface area (TPSA) is 75.3 Å². The lowest BCUT2D eigenvalue weighted by molar-refractivity contribution is -0.117. The summed E-state index contributed by atoms with van der Waals surface area (Å²) in [6.07, 6.45) is 2.19. The average molecular weight is 411 g/mol. The minimum absolute atomic E-state index is 0.148. The van der Waals surface area contributed by atoms with Gasteiger partial charge in [0.15, 0.2) is 0 Å². The predicted molar refractivity (Wildman–Crippen MR) is 108 cm³/mol. The van der Waals surface area contributed by atoms with Gasteiger partial charge in [0.25, 0.3) is 0 Å². The van der Waals surface area contributed by atoms with Crippen LogP contribution >= 0.6 is 11.8 Å². The molecule has 1 amide bonds. The van der Waals surface area contributed by atoms with Crippen molar-refractivity contribution < 1.29 is 17.6 Å². The summed E-state index contributed by atoms with van der Waals surface area (Å²) in [7, 11) is -3.88. The number of carbonyl (C=O) groups is 1. The Morgan fingerprint density at radius 2 is 1.93 bits per heavy atom. The van der Waals surface area contributed by atoms with Gasteiger partial charge in [0.05, 0.1) is 4.90 Å². The highest BCUT2D eigenvalue weighted by Crippen LogP contribution is 2.18. The van der Waals surface area contributed by atoms with E-state index in [9.17, 15) is 17.6 Å². The molecule has 0 aromatic heterocycles. The van der Waals surface area contributed by atoms with E-state index in [4.69, 9.17) is 0 Å². The Labute approximate surface area is 163 Å². The van der Waals surface area contributed by atoms with Crippen molar-refractivity contribution in [3.63, 3.8) is 0 Å². The van der Waals surface area contributed by atoms with E-state index in [0.29, 0.717) is 17.7 Å². The van der Waals surface area contributed by atoms with Crippen molar-refractivity contribution >= 4 is 33.4 Å². The predicted octanol–water partition coefficient (Wildman–Crippen LogP) is 3.48. The van der Waals surface area contributed by atoms with E-state index in [1.807, 2.05) is 12.3 Å². The van der Waals surface area contributed by atoms with Crippen molar-refractivity contribution in [3.8, 4) is 0 Å². The van der Waals surface area contributed by atoms with Crippen LogP contribution in [0.2, 0.25) is 0 Å². The number of rotatable bonds is 8. The van der Waals surface area contributed by atoms with Gasteiger partial charge >= 0.3 is 0 Å². The monoisotopic (exact) mass is 410 g/mol. The second kappa shape index (κ2) is 9.34. The lowest BCUT2D eigenvalue weighted by Crippen LogP contribution is -2.44. The first-order valence-electron chi connectivity index (χ1n) is 8.38. The van der Waals surface area contributed by atoms with Crippen LogP contribution in [0.3, 0.4) is 0 Å². The number of hydrogen-bond donors (Lipinski definition) is 2. The van der Waals surface area contributed by atoms with Crippen LogP contribution in [0.1, 0.15) is 17.5 Å². The van der Waals surface area contributed by atoms with Gasteiger partial charge in [-0.1, -0.05) is 18.2 Å². The molecule has 1 atom stereocenters. The van der Waals surface area contributed by atoms with E-state index in [1.54, 1.807) is 32.0 Å². The molecular weight excluding hydrogens is 387 g/mol. The van der Waals surface area contributed by atoms with Crippen LogP contribution in [-0.4, -0.2) is 32.4 Å². The Kier molecular flexibility index (Phi) is 7.41. The molecule has 27 heavy (non-hydrogen) atoms. The summed E-state index contributed by atoms with van der Waals surface area (Å²) in [6.45, 7) is 3.51. The van der Waals surface area contributed by atoms with Gasteiger partial charge in [-0.25, -0.2) is 12.8 Å². The molecule has 0 aliphatic rings. The van der Waals surface area contributed by atoms with Crippen LogP contribution in [0.25, 0.3) is 0 Å². The number of sulfonamides is 1. The first-order valence-corrected chi connectivity index (χ1v) is 11.3. The van der Waals surface area contributed by atoms with Gasteiger partial charge in [-0.2, -0.15) is 16.5 Å². The standard InChI is InChI=1S/C19H23FN2O3S2/c1-13-7-8-14(2)18(11-13)27(24,25)22-17(9-10-26-3)19(23)21-16-6-4-5-15(20)12-16/h4-8,11-12,17,22H,9-10H2,1-3H3,(H,21,23). The molecular formula is C19H23FN2O3S2. The number of hydrogen-bond acceptors (Lipinski definition) is 4. The van der Waals surface area contributed by atoms with Crippen LogP contribution in [0.15, 0.2) is 47.4 Å². The van der Waals surface area contributed by atoms with Crippen molar-refractivity contribution in [2.75, 3.05) is 17.3 Å². The quantitative estimate of drug-likeness (QED) is 0.699. The molecule has 0 spiro atoms. The first-order chi connectivity index (χ1) is 12.7. The third-order valence-corrected chi connectivity index (χ3v) is 6.21. The molecule has 0 heterocycles. The highest BCUT2D eigenvalue weighted by molar-refractivity contribution is 7.98. The van der Waals surface area contributed by atoms with Crippen molar-refractivity contribution in [2.45, 2.75) is 31.2 Å². The number of aryl methyl sites for hydroxylation is 2. The average Bonchev–Trinajstić information content (AvgIpc) is 2.60. The largest absolute Gasteiger partial charge is 0.325 e. The van der Waals surface area contributed by atoms with Crippen molar-refractivity contribution in [1.82, 2.24) is 4.72 Å². The van der Waals surface area contributed by atoms with E-state index in [0.717, 1.165) is 5.56 Å². The Bertz CT molecular complexity index is 917. The molecule has 2 aromatic carbocycles. The second-order valence-electron chi connectivity index (χ2n) is 6.22. The summed E-state index contributed by atoms with van der Waals surface area (Å²) in [5, 5.41) is 2.58. The molecule has 2 N–H and O–H groups in total. The fourth-order valence-electron chi connectivity index (χ4n) is 2.52. The van der Waals surface area contributed by atoms with Crippen LogP contribution in [0, 0.1) is 19.7 Å². The maximum Gasteiger partial charge on any atom is 0.242 e. The molecule has 0 radical (unpaired) electrons. The van der Waals surface area contributed by atoms with E-state index < -0.39 is 27.8 Å². The van der Waals surface area contributed by atoms with Crippen LogP contribution in [0.5, 0.6) is 0 Å². The van der Waals surface area contributed by atoms with Gasteiger partial charge in [-0.3, -0.25) is 4.79 Å². The number of anilines is 1. The zero-order chi connectivity index (χ0) is 20.0. The molecule has 1 unspecified atom stereocenters. The summed E-state index contributed by atoms with van der Waals surface area (Å²) in [4.78, 5) is 12.8. The summed E-state index contributed by atoms with van der Waals surface area (Å²) in [5.41, 5.74) is 1.69. The normalized spacial score (nSPS) is 12.6. The number of halogens is 1. The van der Waals surface area contributed by atoms with Gasteiger partial charge < -0.3 is 5.32 Å². The maximum atomic E-state index is 13.3. The molecule has 2 rings (SSSR count). The van der Waals surface area contributed by atoms with Gasteiger partial charge in [0.2, 0.25) is 15.9 Å². The van der Waals surface area contributed by atoms with E-state index in [1.165, 1.54) is 30.0 Å². The molecule has 0 aliphatic heterocycles. The van der Waals surface area contributed by atoms with E-state index in [-0.39, 0.29) is 10.6 Å². The third kappa shape index (κ3) is 6.05. The van der Waals surface area contributed by atoms with Crippen molar-refractivity contribution in [2.24, 2.45) is 0 Å². The number of nitrogens with one attached hydrogen (secondary N) is 2. The molecule has 0 aliphatic carbocycles. The number of benzene rings is 2. The van der Waals surface area contributed by atoms with E-state index in [2.05, 4.69) is 10.0 Å². The molecule has 5 nitrogen and oxygen atoms in total. The zero-order valence-electron chi connectivity index (χ0n) is 15.5. The summed E-state index contributed by atoms with van der Waals surface area (Å²) >= 11 is 1.51. The highest BCUT2D eigenvalue weighted by atomic mass is 32.2. The maximum absolute atomic E-state index is 13.3. The van der Waals surface area contributed by atoms with Gasteiger partial charge in [0.1, 0.15) is 11.9 Å². The van der Waals surface area contributed by atoms with Crippen LogP contribution in [0.4, 0.5) is 10.1 Å². The molecule has 0 saturated carbocycles. The first kappa shape index (κ1) is 21.4. The third-order valence-electron chi connectivity index (χ3n) is 3.95. The second-order valence-corrected chi connectivity index (χ2v) is 8.89. The Morgan fingerprint density at radius 3 is 2.59 bits per heavy atom. The Balaban J connectivity index is 2.24. The molecule has 146 valence electrons. The zero-order valence-corrected chi connectivity index (χ0v) is 17.1. The summed E-state index contributed by atoms with van der Waals surface area (Å²) in [6, 6.07) is 9.64. The fraction of sp³-hybridized carbons (Fsp3) is 0.316. The van der Waals surface area contributed by atoms with Gasteiger partial charge in [0, 0.05) is 5.69 Å². The lowest BCUT2D eigenvalue weighted by atomic mass is 10.2. The SMILES string of the molecule is CSCCC(NS(=O)(=O)c1cc(C)ccc1C)C(=O)Nc1cccc(F)c1. The summed E-state index contributed by atoms with van der Waals surface area (Å²) in [5.74, 6) is -0.413. The molecule has 0 bridgehead atoms. The Hall–Kier alpha value is -1.90.